The summed E-state index contributed by atoms with van der Waals surface area (Å²) < 4.78 is 0. The number of carbonyl (C=O) groups excluding carboxylic acids is 2. The molecule has 0 aliphatic carbocycles. The van der Waals surface area contributed by atoms with E-state index in [0.29, 0.717) is 19.6 Å². The highest BCUT2D eigenvalue weighted by molar-refractivity contribution is 7.98. The lowest BCUT2D eigenvalue weighted by molar-refractivity contribution is -0.132. The van der Waals surface area contributed by atoms with Crippen LogP contribution in [0.15, 0.2) is 29.2 Å². The first-order valence-corrected chi connectivity index (χ1v) is 8.17. The standard InChI is InChI=1S/C15H21N3O2S/c1-11(14(19)18-9-8-16-15(18)20)17(2)10-12-4-6-13(21-3)7-5-12/h4-7,11H,8-10H2,1-3H3,(H,16,20). The van der Waals surface area contributed by atoms with Crippen molar-refractivity contribution in [3.8, 4) is 0 Å². The van der Waals surface area contributed by atoms with Crippen molar-refractivity contribution in [3.63, 3.8) is 0 Å². The lowest BCUT2D eigenvalue weighted by Crippen LogP contribution is -2.46. The summed E-state index contributed by atoms with van der Waals surface area (Å²) in [6.45, 7) is 3.51. The van der Waals surface area contributed by atoms with Crippen LogP contribution in [0.2, 0.25) is 0 Å². The minimum atomic E-state index is -0.325. The van der Waals surface area contributed by atoms with Gasteiger partial charge in [0.05, 0.1) is 6.04 Å². The van der Waals surface area contributed by atoms with Crippen LogP contribution in [-0.2, 0) is 11.3 Å². The Balaban J connectivity index is 1.96. The van der Waals surface area contributed by atoms with E-state index in [4.69, 9.17) is 0 Å². The maximum atomic E-state index is 12.3. The fourth-order valence-corrected chi connectivity index (χ4v) is 2.66. The van der Waals surface area contributed by atoms with Crippen LogP contribution in [0, 0.1) is 0 Å². The maximum absolute atomic E-state index is 12.3. The molecule has 1 unspecified atom stereocenters. The largest absolute Gasteiger partial charge is 0.336 e. The molecule has 5 nitrogen and oxygen atoms in total. The smallest absolute Gasteiger partial charge is 0.324 e. The van der Waals surface area contributed by atoms with Crippen molar-refractivity contribution in [3.05, 3.63) is 29.8 Å². The number of benzene rings is 1. The fraction of sp³-hybridized carbons (Fsp3) is 0.467. The molecule has 1 aromatic carbocycles. The Bertz CT molecular complexity index is 518. The molecule has 1 N–H and O–H groups in total. The van der Waals surface area contributed by atoms with E-state index in [-0.39, 0.29) is 18.0 Å². The van der Waals surface area contributed by atoms with E-state index in [9.17, 15) is 9.59 Å². The summed E-state index contributed by atoms with van der Waals surface area (Å²) in [6.07, 6.45) is 2.04. The first kappa shape index (κ1) is 15.9. The van der Waals surface area contributed by atoms with Crippen molar-refractivity contribution < 1.29 is 9.59 Å². The SMILES string of the molecule is CSc1ccc(CN(C)C(C)C(=O)N2CCNC2=O)cc1. The molecule has 1 fully saturated rings. The predicted molar refractivity (Wildman–Crippen MR) is 84.3 cm³/mol. The lowest BCUT2D eigenvalue weighted by Gasteiger charge is -2.26. The van der Waals surface area contributed by atoms with Crippen molar-refractivity contribution in [2.24, 2.45) is 0 Å². The summed E-state index contributed by atoms with van der Waals surface area (Å²) in [5, 5.41) is 2.65. The molecule has 1 aliphatic rings. The second kappa shape index (κ2) is 6.95. The Morgan fingerprint density at radius 3 is 2.62 bits per heavy atom. The van der Waals surface area contributed by atoms with Gasteiger partial charge < -0.3 is 5.32 Å². The Morgan fingerprint density at radius 1 is 1.43 bits per heavy atom. The lowest BCUT2D eigenvalue weighted by atomic mass is 10.2. The van der Waals surface area contributed by atoms with Crippen LogP contribution in [0.3, 0.4) is 0 Å². The molecule has 6 heteroatoms. The van der Waals surface area contributed by atoms with Crippen LogP contribution in [0.25, 0.3) is 0 Å². The molecule has 1 heterocycles. The van der Waals surface area contributed by atoms with Gasteiger partial charge in [-0.05, 0) is 37.9 Å². The number of amides is 3. The molecular weight excluding hydrogens is 286 g/mol. The quantitative estimate of drug-likeness (QED) is 0.843. The number of thioether (sulfide) groups is 1. The van der Waals surface area contributed by atoms with Gasteiger partial charge in [0.2, 0.25) is 5.91 Å². The Morgan fingerprint density at radius 2 is 2.10 bits per heavy atom. The molecule has 1 saturated heterocycles. The van der Waals surface area contributed by atoms with Gasteiger partial charge >= 0.3 is 6.03 Å². The number of imide groups is 1. The second-order valence-electron chi connectivity index (χ2n) is 5.16. The third-order valence-corrected chi connectivity index (χ3v) is 4.48. The van der Waals surface area contributed by atoms with Crippen molar-refractivity contribution in [1.29, 1.82) is 0 Å². The normalized spacial score (nSPS) is 16.2. The number of hydrogen-bond acceptors (Lipinski definition) is 4. The van der Waals surface area contributed by atoms with E-state index >= 15 is 0 Å². The number of hydrogen-bond donors (Lipinski definition) is 1. The minimum absolute atomic E-state index is 0.145. The topological polar surface area (TPSA) is 52.7 Å². The van der Waals surface area contributed by atoms with Gasteiger partial charge in [-0.2, -0.15) is 0 Å². The summed E-state index contributed by atoms with van der Waals surface area (Å²) in [6, 6.07) is 7.69. The molecule has 114 valence electrons. The van der Waals surface area contributed by atoms with Crippen LogP contribution in [0.4, 0.5) is 4.79 Å². The van der Waals surface area contributed by atoms with Gasteiger partial charge in [-0.1, -0.05) is 12.1 Å². The van der Waals surface area contributed by atoms with Gasteiger partial charge in [0, 0.05) is 24.5 Å². The first-order valence-electron chi connectivity index (χ1n) is 6.95. The number of rotatable bonds is 5. The number of carbonyl (C=O) groups is 2. The van der Waals surface area contributed by atoms with Crippen LogP contribution in [-0.4, -0.2) is 54.2 Å². The molecular formula is C15H21N3O2S. The third-order valence-electron chi connectivity index (χ3n) is 3.73. The van der Waals surface area contributed by atoms with E-state index in [1.54, 1.807) is 11.8 Å². The van der Waals surface area contributed by atoms with E-state index < -0.39 is 0 Å². The zero-order valence-electron chi connectivity index (χ0n) is 12.6. The second-order valence-corrected chi connectivity index (χ2v) is 6.04. The maximum Gasteiger partial charge on any atom is 0.324 e. The summed E-state index contributed by atoms with van der Waals surface area (Å²) in [5.74, 6) is -0.145. The molecule has 0 spiro atoms. The average Bonchev–Trinajstić information content (AvgIpc) is 2.92. The van der Waals surface area contributed by atoms with E-state index in [0.717, 1.165) is 5.56 Å². The predicted octanol–water partition coefficient (Wildman–Crippen LogP) is 1.78. The average molecular weight is 307 g/mol. The highest BCUT2D eigenvalue weighted by Crippen LogP contribution is 2.16. The molecule has 21 heavy (non-hydrogen) atoms. The molecule has 2 rings (SSSR count). The Kier molecular flexibility index (Phi) is 5.25. The highest BCUT2D eigenvalue weighted by atomic mass is 32.2. The van der Waals surface area contributed by atoms with Crippen LogP contribution in [0.5, 0.6) is 0 Å². The summed E-state index contributed by atoms with van der Waals surface area (Å²) in [4.78, 5) is 28.3. The number of nitrogens with zero attached hydrogens (tertiary/aromatic N) is 2. The monoisotopic (exact) mass is 307 g/mol. The van der Waals surface area contributed by atoms with Crippen LogP contribution >= 0.6 is 11.8 Å². The van der Waals surface area contributed by atoms with Crippen molar-refractivity contribution in [2.45, 2.75) is 24.4 Å². The van der Waals surface area contributed by atoms with Gasteiger partial charge in [-0.15, -0.1) is 11.8 Å². The van der Waals surface area contributed by atoms with E-state index in [1.165, 1.54) is 9.80 Å². The number of urea groups is 1. The van der Waals surface area contributed by atoms with Gasteiger partial charge in [0.1, 0.15) is 0 Å². The first-order chi connectivity index (χ1) is 10.0. The molecule has 0 radical (unpaired) electrons. The highest BCUT2D eigenvalue weighted by Gasteiger charge is 2.31. The molecule has 1 atom stereocenters. The van der Waals surface area contributed by atoms with Gasteiger partial charge in [-0.3, -0.25) is 14.6 Å². The van der Waals surface area contributed by atoms with Crippen molar-refractivity contribution in [1.82, 2.24) is 15.1 Å². The Hall–Kier alpha value is -1.53. The zero-order valence-corrected chi connectivity index (χ0v) is 13.4. The van der Waals surface area contributed by atoms with Gasteiger partial charge in [0.25, 0.3) is 0 Å². The molecule has 1 aliphatic heterocycles. The molecule has 3 amide bonds. The van der Waals surface area contributed by atoms with Gasteiger partial charge in [0.15, 0.2) is 0 Å². The third kappa shape index (κ3) is 3.77. The Labute approximate surface area is 129 Å². The van der Waals surface area contributed by atoms with Crippen molar-refractivity contribution >= 4 is 23.7 Å². The van der Waals surface area contributed by atoms with Gasteiger partial charge in [-0.25, -0.2) is 4.79 Å². The van der Waals surface area contributed by atoms with E-state index in [2.05, 4.69) is 29.6 Å². The molecule has 1 aromatic rings. The van der Waals surface area contributed by atoms with Crippen molar-refractivity contribution in [2.75, 3.05) is 26.4 Å². The number of nitrogens with one attached hydrogen (secondary N) is 1. The summed E-state index contributed by atoms with van der Waals surface area (Å²) >= 11 is 1.71. The molecule has 0 aromatic heterocycles. The minimum Gasteiger partial charge on any atom is -0.336 e. The van der Waals surface area contributed by atoms with Crippen LogP contribution in [0.1, 0.15) is 12.5 Å². The zero-order chi connectivity index (χ0) is 15.4. The number of likely N-dealkylation sites (N-methyl/N-ethyl adjacent to an activating group) is 1. The summed E-state index contributed by atoms with van der Waals surface area (Å²) in [7, 11) is 1.90. The molecule has 0 saturated carbocycles. The fourth-order valence-electron chi connectivity index (χ4n) is 2.25. The molecule has 0 bridgehead atoms. The summed E-state index contributed by atoms with van der Waals surface area (Å²) in [5.41, 5.74) is 1.15. The van der Waals surface area contributed by atoms with Crippen LogP contribution < -0.4 is 5.32 Å². The van der Waals surface area contributed by atoms with E-state index in [1.807, 2.05) is 25.1 Å².